The van der Waals surface area contributed by atoms with Crippen molar-refractivity contribution in [3.8, 4) is 0 Å². The van der Waals surface area contributed by atoms with Gasteiger partial charge in [0.25, 0.3) is 5.91 Å². The number of benzene rings is 2. The molecule has 1 amide bonds. The fourth-order valence-electron chi connectivity index (χ4n) is 3.96. The summed E-state index contributed by atoms with van der Waals surface area (Å²) in [5.74, 6) is -1.43. The minimum atomic E-state index is -0.619. The molecule has 0 saturated carbocycles. The Morgan fingerprint density at radius 2 is 1.82 bits per heavy atom. The van der Waals surface area contributed by atoms with E-state index in [1.165, 1.54) is 34.6 Å². The number of amides is 1. The molecule has 4 rings (SSSR count). The van der Waals surface area contributed by atoms with Gasteiger partial charge in [0.2, 0.25) is 0 Å². The van der Waals surface area contributed by atoms with Crippen LogP contribution in [0.2, 0.25) is 0 Å². The van der Waals surface area contributed by atoms with E-state index >= 15 is 0 Å². The number of pyridine rings is 1. The van der Waals surface area contributed by atoms with E-state index in [-0.39, 0.29) is 11.9 Å². The van der Waals surface area contributed by atoms with Crippen LogP contribution in [-0.4, -0.2) is 23.5 Å². The SMILES string of the molecule is CCc1cccc(CNCCC(Cc2cc(F)cc(F)c2)NC(=O)c2cc3cnccc3s2)c1. The molecule has 2 aromatic heterocycles. The second-order valence-electron chi connectivity index (χ2n) is 8.32. The Morgan fingerprint density at radius 3 is 2.59 bits per heavy atom. The monoisotopic (exact) mass is 479 g/mol. The van der Waals surface area contributed by atoms with Crippen molar-refractivity contribution in [2.75, 3.05) is 6.54 Å². The fraction of sp³-hybridized carbons (Fsp3) is 0.259. The molecule has 0 bridgehead atoms. The van der Waals surface area contributed by atoms with Crippen LogP contribution in [-0.2, 0) is 19.4 Å². The number of carbonyl (C=O) groups is 1. The molecule has 0 spiro atoms. The molecule has 0 aliphatic heterocycles. The number of hydrogen-bond donors (Lipinski definition) is 2. The summed E-state index contributed by atoms with van der Waals surface area (Å²) in [6.07, 6.45) is 5.36. The van der Waals surface area contributed by atoms with Gasteiger partial charge in [0, 0.05) is 41.1 Å². The summed E-state index contributed by atoms with van der Waals surface area (Å²) in [7, 11) is 0. The second kappa shape index (κ2) is 11.3. The lowest BCUT2D eigenvalue weighted by Crippen LogP contribution is -2.38. The number of nitrogens with one attached hydrogen (secondary N) is 2. The first kappa shape index (κ1) is 24.0. The minimum Gasteiger partial charge on any atom is -0.348 e. The molecule has 0 radical (unpaired) electrons. The highest BCUT2D eigenvalue weighted by molar-refractivity contribution is 7.20. The van der Waals surface area contributed by atoms with E-state index in [9.17, 15) is 13.6 Å². The third kappa shape index (κ3) is 6.46. The van der Waals surface area contributed by atoms with Crippen molar-refractivity contribution < 1.29 is 13.6 Å². The maximum absolute atomic E-state index is 13.7. The average molecular weight is 480 g/mol. The zero-order valence-electron chi connectivity index (χ0n) is 19.0. The third-order valence-corrected chi connectivity index (χ3v) is 6.79. The lowest BCUT2D eigenvalue weighted by Gasteiger charge is -2.19. The largest absolute Gasteiger partial charge is 0.348 e. The summed E-state index contributed by atoms with van der Waals surface area (Å²) in [6.45, 7) is 3.49. The van der Waals surface area contributed by atoms with E-state index in [0.29, 0.717) is 36.4 Å². The van der Waals surface area contributed by atoms with Gasteiger partial charge in [-0.15, -0.1) is 11.3 Å². The van der Waals surface area contributed by atoms with Crippen molar-refractivity contribution in [3.05, 3.63) is 100 Å². The Morgan fingerprint density at radius 1 is 1.03 bits per heavy atom. The van der Waals surface area contributed by atoms with Gasteiger partial charge in [-0.25, -0.2) is 8.78 Å². The normalized spacial score (nSPS) is 12.1. The quantitative estimate of drug-likeness (QED) is 0.289. The van der Waals surface area contributed by atoms with E-state index in [1.807, 2.05) is 12.1 Å². The van der Waals surface area contributed by atoms with E-state index < -0.39 is 11.6 Å². The number of thiophene rings is 1. The first-order valence-electron chi connectivity index (χ1n) is 11.4. The first-order valence-corrected chi connectivity index (χ1v) is 12.2. The number of carbonyl (C=O) groups excluding carboxylic acids is 1. The van der Waals surface area contributed by atoms with Crippen molar-refractivity contribution >= 4 is 27.3 Å². The molecule has 2 aromatic carbocycles. The molecule has 1 atom stereocenters. The molecule has 2 N–H and O–H groups in total. The summed E-state index contributed by atoms with van der Waals surface area (Å²) in [4.78, 5) is 17.7. The average Bonchev–Trinajstić information content (AvgIpc) is 3.26. The van der Waals surface area contributed by atoms with Gasteiger partial charge in [-0.3, -0.25) is 9.78 Å². The Bertz CT molecular complexity index is 1220. The maximum Gasteiger partial charge on any atom is 0.261 e. The highest BCUT2D eigenvalue weighted by atomic mass is 32.1. The molecule has 176 valence electrons. The lowest BCUT2D eigenvalue weighted by atomic mass is 10.0. The molecule has 4 nitrogen and oxygen atoms in total. The smallest absolute Gasteiger partial charge is 0.261 e. The number of hydrogen-bond acceptors (Lipinski definition) is 4. The number of aryl methyl sites for hydroxylation is 1. The van der Waals surface area contributed by atoms with Crippen LogP contribution in [0.15, 0.2) is 67.0 Å². The van der Waals surface area contributed by atoms with E-state index in [2.05, 4.69) is 46.8 Å². The fourth-order valence-corrected chi connectivity index (χ4v) is 4.89. The molecule has 34 heavy (non-hydrogen) atoms. The molecule has 1 unspecified atom stereocenters. The van der Waals surface area contributed by atoms with Gasteiger partial charge in [-0.1, -0.05) is 31.2 Å². The number of nitrogens with zero attached hydrogens (tertiary/aromatic N) is 1. The topological polar surface area (TPSA) is 54.0 Å². The molecule has 4 aromatic rings. The highest BCUT2D eigenvalue weighted by Gasteiger charge is 2.17. The molecule has 0 saturated heterocycles. The van der Waals surface area contributed by atoms with E-state index in [1.54, 1.807) is 12.4 Å². The second-order valence-corrected chi connectivity index (χ2v) is 9.40. The lowest BCUT2D eigenvalue weighted by molar-refractivity contribution is 0.0939. The van der Waals surface area contributed by atoms with Gasteiger partial charge in [0.1, 0.15) is 11.6 Å². The van der Waals surface area contributed by atoms with Crippen LogP contribution in [0.3, 0.4) is 0 Å². The zero-order chi connectivity index (χ0) is 23.9. The Balaban J connectivity index is 1.42. The van der Waals surface area contributed by atoms with Crippen LogP contribution in [0.5, 0.6) is 0 Å². The van der Waals surface area contributed by atoms with Crippen LogP contribution in [0.4, 0.5) is 8.78 Å². The van der Waals surface area contributed by atoms with Crippen molar-refractivity contribution in [2.24, 2.45) is 0 Å². The molecule has 0 aliphatic carbocycles. The highest BCUT2D eigenvalue weighted by Crippen LogP contribution is 2.24. The van der Waals surface area contributed by atoms with Crippen LogP contribution in [0, 0.1) is 11.6 Å². The standard InChI is InChI=1S/C27H27F2N3OS/c1-2-18-4-3-5-19(10-18)16-30-8-6-24(13-20-11-22(28)15-23(29)12-20)32-27(33)26-14-21-17-31-9-7-25(21)34-26/h3-5,7,9-12,14-15,17,24,30H,2,6,8,13,16H2,1H3,(H,32,33). The third-order valence-electron chi connectivity index (χ3n) is 5.68. The maximum atomic E-state index is 13.7. The first-order chi connectivity index (χ1) is 16.5. The number of aromatic nitrogens is 1. The van der Waals surface area contributed by atoms with E-state index in [0.717, 1.165) is 22.6 Å². The summed E-state index contributed by atoms with van der Waals surface area (Å²) in [5.41, 5.74) is 3.00. The van der Waals surface area contributed by atoms with Crippen LogP contribution < -0.4 is 10.6 Å². The molecule has 0 aliphatic rings. The van der Waals surface area contributed by atoms with Crippen LogP contribution in [0.1, 0.15) is 39.7 Å². The van der Waals surface area contributed by atoms with Gasteiger partial charge in [-0.05, 0) is 66.8 Å². The van der Waals surface area contributed by atoms with E-state index in [4.69, 9.17) is 0 Å². The van der Waals surface area contributed by atoms with Crippen molar-refractivity contribution in [1.29, 1.82) is 0 Å². The number of halogens is 2. The summed E-state index contributed by atoms with van der Waals surface area (Å²) in [6, 6.07) is 15.3. The van der Waals surface area contributed by atoms with Gasteiger partial charge < -0.3 is 10.6 Å². The van der Waals surface area contributed by atoms with Gasteiger partial charge >= 0.3 is 0 Å². The van der Waals surface area contributed by atoms with Gasteiger partial charge in [0.15, 0.2) is 0 Å². The molecule has 0 fully saturated rings. The Kier molecular flexibility index (Phi) is 7.98. The Hall–Kier alpha value is -3.16. The van der Waals surface area contributed by atoms with Crippen LogP contribution >= 0.6 is 11.3 Å². The van der Waals surface area contributed by atoms with Crippen molar-refractivity contribution in [2.45, 2.75) is 38.8 Å². The molecular weight excluding hydrogens is 452 g/mol. The summed E-state index contributed by atoms with van der Waals surface area (Å²) in [5, 5.41) is 7.40. The predicted molar refractivity (Wildman–Crippen MR) is 133 cm³/mol. The summed E-state index contributed by atoms with van der Waals surface area (Å²) >= 11 is 1.40. The zero-order valence-corrected chi connectivity index (χ0v) is 19.8. The summed E-state index contributed by atoms with van der Waals surface area (Å²) < 4.78 is 28.5. The minimum absolute atomic E-state index is 0.196. The van der Waals surface area contributed by atoms with Gasteiger partial charge in [-0.2, -0.15) is 0 Å². The molecular formula is C27H27F2N3OS. The van der Waals surface area contributed by atoms with Gasteiger partial charge in [0.05, 0.1) is 4.88 Å². The van der Waals surface area contributed by atoms with Crippen molar-refractivity contribution in [3.63, 3.8) is 0 Å². The predicted octanol–water partition coefficient (Wildman–Crippen LogP) is 5.66. The van der Waals surface area contributed by atoms with Crippen molar-refractivity contribution in [1.82, 2.24) is 15.6 Å². The van der Waals surface area contributed by atoms with Crippen LogP contribution in [0.25, 0.3) is 10.1 Å². The molecule has 7 heteroatoms. The number of rotatable bonds is 10. The number of fused-ring (bicyclic) bond motifs is 1. The Labute approximate surface area is 202 Å². The molecule has 2 heterocycles.